The molecule has 1 N–H and O–H groups in total. The molecule has 0 bridgehead atoms. The van der Waals surface area contributed by atoms with Crippen molar-refractivity contribution < 1.29 is 5.11 Å². The molecule has 4 heteroatoms. The maximum Gasteiger partial charge on any atom is 0.100 e. The molecule has 0 radical (unpaired) electrons. The zero-order valence-corrected chi connectivity index (χ0v) is 13.3. The Hall–Kier alpha value is -0.750. The Balaban J connectivity index is 2.36. The smallest absolute Gasteiger partial charge is 0.100 e. The standard InChI is InChI=1S/C16H19Cl2NO/c1-15(2)6-8-16(10-19,9-7-15)14(20)13-11(17)4-3-5-12(13)18/h3-5,14,20H,6-9H2,1-2H3. The van der Waals surface area contributed by atoms with Crippen LogP contribution >= 0.6 is 23.2 Å². The molecule has 1 fully saturated rings. The highest BCUT2D eigenvalue weighted by atomic mass is 35.5. The molecule has 0 saturated heterocycles. The van der Waals surface area contributed by atoms with Gasteiger partial charge in [0.25, 0.3) is 0 Å². The molecule has 1 unspecified atom stereocenters. The topological polar surface area (TPSA) is 44.0 Å². The third-order valence-electron chi connectivity index (χ3n) is 4.52. The number of benzene rings is 1. The van der Waals surface area contributed by atoms with Crippen LogP contribution in [0, 0.1) is 22.2 Å². The zero-order chi connectivity index (χ0) is 15.0. The van der Waals surface area contributed by atoms with Crippen molar-refractivity contribution in [2.45, 2.75) is 45.6 Å². The molecular weight excluding hydrogens is 293 g/mol. The molecule has 20 heavy (non-hydrogen) atoms. The van der Waals surface area contributed by atoms with Crippen molar-refractivity contribution in [3.63, 3.8) is 0 Å². The lowest BCUT2D eigenvalue weighted by Crippen LogP contribution is -2.35. The van der Waals surface area contributed by atoms with Crippen molar-refractivity contribution in [3.8, 4) is 6.07 Å². The van der Waals surface area contributed by atoms with Crippen molar-refractivity contribution >= 4 is 23.2 Å². The highest BCUT2D eigenvalue weighted by Gasteiger charge is 2.45. The highest BCUT2D eigenvalue weighted by molar-refractivity contribution is 6.36. The molecular formula is C16H19Cl2NO. The van der Waals surface area contributed by atoms with E-state index in [4.69, 9.17) is 23.2 Å². The number of hydrogen-bond acceptors (Lipinski definition) is 2. The van der Waals surface area contributed by atoms with Gasteiger partial charge in [0.2, 0.25) is 0 Å². The lowest BCUT2D eigenvalue weighted by molar-refractivity contribution is 0.00968. The lowest BCUT2D eigenvalue weighted by atomic mass is 9.62. The van der Waals surface area contributed by atoms with Gasteiger partial charge in [-0.05, 0) is 43.2 Å². The second kappa shape index (κ2) is 5.56. The summed E-state index contributed by atoms with van der Waals surface area (Å²) in [5, 5.41) is 21.2. The average Bonchev–Trinajstić information content (AvgIpc) is 2.39. The Morgan fingerprint density at radius 3 is 2.10 bits per heavy atom. The highest BCUT2D eigenvalue weighted by Crippen LogP contribution is 2.52. The van der Waals surface area contributed by atoms with Crippen LogP contribution < -0.4 is 0 Å². The van der Waals surface area contributed by atoms with E-state index in [1.165, 1.54) is 0 Å². The second-order valence-corrected chi connectivity index (χ2v) is 7.28. The molecule has 1 aromatic carbocycles. The van der Waals surface area contributed by atoms with Gasteiger partial charge >= 0.3 is 0 Å². The van der Waals surface area contributed by atoms with Gasteiger partial charge in [-0.3, -0.25) is 0 Å². The lowest BCUT2D eigenvalue weighted by Gasteiger charge is -2.42. The van der Waals surface area contributed by atoms with Crippen LogP contribution in [0.5, 0.6) is 0 Å². The quantitative estimate of drug-likeness (QED) is 0.822. The van der Waals surface area contributed by atoms with E-state index in [0.717, 1.165) is 12.8 Å². The zero-order valence-electron chi connectivity index (χ0n) is 11.8. The summed E-state index contributed by atoms with van der Waals surface area (Å²) < 4.78 is 0. The fraction of sp³-hybridized carbons (Fsp3) is 0.562. The van der Waals surface area contributed by atoms with E-state index in [-0.39, 0.29) is 5.41 Å². The SMILES string of the molecule is CC1(C)CCC(C#N)(C(O)c2c(Cl)cccc2Cl)CC1. The summed E-state index contributed by atoms with van der Waals surface area (Å²) in [6.45, 7) is 4.40. The first-order valence-corrected chi connectivity index (χ1v) is 7.60. The molecule has 0 aromatic heterocycles. The molecule has 1 aliphatic rings. The van der Waals surface area contributed by atoms with E-state index in [2.05, 4.69) is 19.9 Å². The summed E-state index contributed by atoms with van der Waals surface area (Å²) in [5.74, 6) is 0. The summed E-state index contributed by atoms with van der Waals surface area (Å²) in [7, 11) is 0. The second-order valence-electron chi connectivity index (χ2n) is 6.47. The molecule has 0 aliphatic heterocycles. The van der Waals surface area contributed by atoms with Crippen LogP contribution in [0.25, 0.3) is 0 Å². The van der Waals surface area contributed by atoms with E-state index in [0.29, 0.717) is 28.5 Å². The van der Waals surface area contributed by atoms with E-state index in [9.17, 15) is 10.4 Å². The monoisotopic (exact) mass is 311 g/mol. The summed E-state index contributed by atoms with van der Waals surface area (Å²) in [5.41, 5.74) is -0.0776. The summed E-state index contributed by atoms with van der Waals surface area (Å²) in [4.78, 5) is 0. The van der Waals surface area contributed by atoms with E-state index in [1.54, 1.807) is 18.2 Å². The largest absolute Gasteiger partial charge is 0.387 e. The van der Waals surface area contributed by atoms with Crippen LogP contribution in [0.4, 0.5) is 0 Å². The van der Waals surface area contributed by atoms with Crippen molar-refractivity contribution in [2.75, 3.05) is 0 Å². The molecule has 108 valence electrons. The maximum atomic E-state index is 10.7. The summed E-state index contributed by atoms with van der Waals surface area (Å²) in [6, 6.07) is 7.48. The summed E-state index contributed by atoms with van der Waals surface area (Å²) in [6.07, 6.45) is 2.22. The summed E-state index contributed by atoms with van der Waals surface area (Å²) >= 11 is 12.3. The van der Waals surface area contributed by atoms with Gasteiger partial charge in [0.1, 0.15) is 6.10 Å². The van der Waals surface area contributed by atoms with Crippen LogP contribution in [-0.4, -0.2) is 5.11 Å². The first-order chi connectivity index (χ1) is 9.31. The van der Waals surface area contributed by atoms with Crippen molar-refractivity contribution in [2.24, 2.45) is 10.8 Å². The number of hydrogen-bond donors (Lipinski definition) is 1. The van der Waals surface area contributed by atoms with Gasteiger partial charge < -0.3 is 5.11 Å². The fourth-order valence-corrected chi connectivity index (χ4v) is 3.47. The number of nitriles is 1. The third-order valence-corrected chi connectivity index (χ3v) is 5.17. The number of aliphatic hydroxyl groups excluding tert-OH is 1. The molecule has 1 atom stereocenters. The Morgan fingerprint density at radius 1 is 1.15 bits per heavy atom. The molecule has 1 aromatic rings. The van der Waals surface area contributed by atoms with Gasteiger partial charge in [-0.2, -0.15) is 5.26 Å². The van der Waals surface area contributed by atoms with Crippen LogP contribution in [-0.2, 0) is 0 Å². The Labute approximate surface area is 130 Å². The minimum atomic E-state index is -0.940. The van der Waals surface area contributed by atoms with Gasteiger partial charge in [-0.15, -0.1) is 0 Å². The fourth-order valence-electron chi connectivity index (χ4n) is 2.87. The van der Waals surface area contributed by atoms with E-state index < -0.39 is 11.5 Å². The average molecular weight is 312 g/mol. The van der Waals surface area contributed by atoms with Gasteiger partial charge in [0, 0.05) is 15.6 Å². The minimum absolute atomic E-state index is 0.227. The van der Waals surface area contributed by atoms with E-state index >= 15 is 0 Å². The van der Waals surface area contributed by atoms with E-state index in [1.807, 2.05) is 0 Å². The van der Waals surface area contributed by atoms with Crippen LogP contribution in [0.1, 0.15) is 51.2 Å². The van der Waals surface area contributed by atoms with Crippen LogP contribution in [0.3, 0.4) is 0 Å². The van der Waals surface area contributed by atoms with Gasteiger partial charge in [0.15, 0.2) is 0 Å². The predicted octanol–water partition coefficient (Wildman–Crippen LogP) is 5.14. The first kappa shape index (κ1) is 15.6. The molecule has 0 spiro atoms. The molecule has 1 aliphatic carbocycles. The molecule has 0 heterocycles. The van der Waals surface area contributed by atoms with Crippen molar-refractivity contribution in [1.29, 1.82) is 5.26 Å². The number of aliphatic hydroxyl groups is 1. The van der Waals surface area contributed by atoms with Gasteiger partial charge in [-0.1, -0.05) is 43.1 Å². The third kappa shape index (κ3) is 2.81. The molecule has 1 saturated carbocycles. The number of rotatable bonds is 2. The van der Waals surface area contributed by atoms with Gasteiger partial charge in [0.05, 0.1) is 11.5 Å². The predicted molar refractivity (Wildman–Crippen MR) is 81.7 cm³/mol. The maximum absolute atomic E-state index is 10.7. The van der Waals surface area contributed by atoms with Crippen molar-refractivity contribution in [3.05, 3.63) is 33.8 Å². The normalized spacial score (nSPS) is 22.0. The molecule has 2 nitrogen and oxygen atoms in total. The first-order valence-electron chi connectivity index (χ1n) is 6.85. The van der Waals surface area contributed by atoms with Crippen molar-refractivity contribution in [1.82, 2.24) is 0 Å². The Kier molecular flexibility index (Phi) is 4.35. The Bertz CT molecular complexity index is 518. The Morgan fingerprint density at radius 2 is 1.65 bits per heavy atom. The number of nitrogens with zero attached hydrogens (tertiary/aromatic N) is 1. The molecule has 2 rings (SSSR count). The van der Waals surface area contributed by atoms with Gasteiger partial charge in [-0.25, -0.2) is 0 Å². The molecule has 0 amide bonds. The van der Waals surface area contributed by atoms with Crippen LogP contribution in [0.15, 0.2) is 18.2 Å². The minimum Gasteiger partial charge on any atom is -0.387 e. The van der Waals surface area contributed by atoms with Crippen LogP contribution in [0.2, 0.25) is 10.0 Å². The number of halogens is 2.